The normalized spacial score (nSPS) is 39.4. The molecule has 0 aromatic heterocycles. The molecular weight excluding hydrogens is 185 g/mol. The Balaban J connectivity index is 2.56. The fourth-order valence-corrected chi connectivity index (χ4v) is 2.12. The van der Waals surface area contributed by atoms with Crippen LogP contribution in [0.5, 0.6) is 0 Å². The summed E-state index contributed by atoms with van der Waals surface area (Å²) in [6.45, 7) is 2.36. The van der Waals surface area contributed by atoms with Crippen LogP contribution >= 0.6 is 9.12 Å². The van der Waals surface area contributed by atoms with Crippen LogP contribution in [0.3, 0.4) is 0 Å². The second-order valence-electron chi connectivity index (χ2n) is 3.52. The molecule has 1 aliphatic heterocycles. The molecule has 1 rings (SSSR count). The number of methoxy groups -OCH3 is 1. The molecule has 72 valence electrons. The van der Waals surface area contributed by atoms with Gasteiger partial charge in [-0.25, -0.2) is 0 Å². The molecule has 6 heteroatoms. The molecule has 0 aromatic rings. The van der Waals surface area contributed by atoms with Gasteiger partial charge < -0.3 is 14.6 Å². The van der Waals surface area contributed by atoms with Gasteiger partial charge in [0.1, 0.15) is 12.4 Å². The van der Waals surface area contributed by atoms with Crippen LogP contribution in [-0.4, -0.2) is 51.1 Å². The molecule has 0 bridgehead atoms. The van der Waals surface area contributed by atoms with Crippen molar-refractivity contribution in [3.63, 3.8) is 0 Å². The molecule has 5 atom stereocenters. The molecule has 0 saturated carbocycles. The maximum atomic E-state index is 9.74. The summed E-state index contributed by atoms with van der Waals surface area (Å²) in [7, 11) is 9.78. The molecule has 1 fully saturated rings. The standard InChI is InChI=1S/C7H15B2O3P/c1-4-6(10)5(3-11-2)12-7(4)9(8)13/h4-7,10H,3,13H2,1-2H3/t4-,5-,6+,7-/m1/s1. The Morgan fingerprint density at radius 3 is 2.69 bits per heavy atom. The van der Waals surface area contributed by atoms with Crippen LogP contribution in [0.4, 0.5) is 0 Å². The van der Waals surface area contributed by atoms with Crippen molar-refractivity contribution in [2.75, 3.05) is 13.7 Å². The first-order valence-corrected chi connectivity index (χ1v) is 5.08. The van der Waals surface area contributed by atoms with Crippen LogP contribution in [-0.2, 0) is 9.47 Å². The third-order valence-electron chi connectivity index (χ3n) is 2.48. The summed E-state index contributed by atoms with van der Waals surface area (Å²) in [5.74, 6) is 0.0626. The van der Waals surface area contributed by atoms with Crippen molar-refractivity contribution in [1.82, 2.24) is 0 Å². The second kappa shape index (κ2) is 4.79. The van der Waals surface area contributed by atoms with E-state index in [9.17, 15) is 5.11 Å². The van der Waals surface area contributed by atoms with Gasteiger partial charge in [0.2, 0.25) is 0 Å². The van der Waals surface area contributed by atoms with Gasteiger partial charge in [0.05, 0.1) is 12.7 Å². The van der Waals surface area contributed by atoms with Crippen LogP contribution in [0, 0.1) is 5.92 Å². The summed E-state index contributed by atoms with van der Waals surface area (Å²) >= 11 is 0. The van der Waals surface area contributed by atoms with E-state index in [-0.39, 0.29) is 24.3 Å². The first-order valence-electron chi connectivity index (χ1n) is 4.41. The van der Waals surface area contributed by atoms with E-state index in [1.807, 2.05) is 6.92 Å². The van der Waals surface area contributed by atoms with Crippen LogP contribution in [0.1, 0.15) is 6.92 Å². The molecule has 2 radical (unpaired) electrons. The fraction of sp³-hybridized carbons (Fsp3) is 1.00. The molecule has 1 saturated heterocycles. The Morgan fingerprint density at radius 1 is 1.69 bits per heavy atom. The monoisotopic (exact) mass is 200 g/mol. The van der Waals surface area contributed by atoms with Gasteiger partial charge in [-0.15, -0.1) is 0 Å². The molecular formula is C7H15B2O3P. The van der Waals surface area contributed by atoms with E-state index in [0.29, 0.717) is 6.61 Å². The second-order valence-corrected chi connectivity index (χ2v) is 4.29. The SMILES string of the molecule is [B]B(P)[C@@H]1O[C@H](COC)[C@@H](O)[C@H]1C. The van der Waals surface area contributed by atoms with Crippen molar-refractivity contribution in [3.05, 3.63) is 0 Å². The fourth-order valence-electron chi connectivity index (χ4n) is 1.68. The Labute approximate surface area is 83.2 Å². The van der Waals surface area contributed by atoms with E-state index in [0.717, 1.165) is 0 Å². The Morgan fingerprint density at radius 2 is 2.31 bits per heavy atom. The van der Waals surface area contributed by atoms with Crippen LogP contribution in [0.2, 0.25) is 0 Å². The summed E-state index contributed by atoms with van der Waals surface area (Å²) in [5.41, 5.74) is 0. The van der Waals surface area contributed by atoms with Gasteiger partial charge in [0.15, 0.2) is 0 Å². The van der Waals surface area contributed by atoms with Crippen molar-refractivity contribution in [1.29, 1.82) is 0 Å². The van der Waals surface area contributed by atoms with E-state index >= 15 is 0 Å². The van der Waals surface area contributed by atoms with Crippen molar-refractivity contribution in [2.24, 2.45) is 5.92 Å². The zero-order valence-electron chi connectivity index (χ0n) is 8.01. The Kier molecular flexibility index (Phi) is 4.24. The number of hydrogen-bond acceptors (Lipinski definition) is 3. The van der Waals surface area contributed by atoms with E-state index < -0.39 is 6.10 Å². The first-order chi connectivity index (χ1) is 6.07. The topological polar surface area (TPSA) is 38.7 Å². The highest BCUT2D eigenvalue weighted by molar-refractivity contribution is 7.72. The minimum absolute atomic E-state index is 0.0626. The van der Waals surface area contributed by atoms with Gasteiger partial charge in [-0.05, 0) is 0 Å². The predicted octanol–water partition coefficient (Wildman–Crippen LogP) is -0.532. The third kappa shape index (κ3) is 2.47. The number of aliphatic hydroxyl groups is 1. The van der Waals surface area contributed by atoms with E-state index in [1.54, 1.807) is 7.11 Å². The van der Waals surface area contributed by atoms with Gasteiger partial charge in [0.25, 0.3) is 0 Å². The highest BCUT2D eigenvalue weighted by atomic mass is 31.0. The minimum atomic E-state index is -0.475. The predicted molar refractivity (Wildman–Crippen MR) is 56.9 cm³/mol. The zero-order valence-corrected chi connectivity index (χ0v) is 9.17. The molecule has 1 aliphatic rings. The van der Waals surface area contributed by atoms with Gasteiger partial charge in [0, 0.05) is 26.8 Å². The van der Waals surface area contributed by atoms with Crippen LogP contribution in [0.25, 0.3) is 0 Å². The molecule has 0 spiro atoms. The molecule has 0 amide bonds. The maximum absolute atomic E-state index is 9.74. The zero-order chi connectivity index (χ0) is 10.0. The van der Waals surface area contributed by atoms with Crippen molar-refractivity contribution in [3.8, 4) is 0 Å². The summed E-state index contributed by atoms with van der Waals surface area (Å²) in [6, 6.07) is -0.0971. The summed E-state index contributed by atoms with van der Waals surface area (Å²) < 4.78 is 10.5. The number of aliphatic hydroxyl groups excluding tert-OH is 1. The average molecular weight is 200 g/mol. The number of ether oxygens (including phenoxy) is 2. The molecule has 0 aromatic carbocycles. The van der Waals surface area contributed by atoms with Gasteiger partial charge in [-0.3, -0.25) is 0 Å². The van der Waals surface area contributed by atoms with Gasteiger partial charge >= 0.3 is 0 Å². The molecule has 1 N–H and O–H groups in total. The lowest BCUT2D eigenvalue weighted by Crippen LogP contribution is -2.32. The average Bonchev–Trinajstić information content (AvgIpc) is 2.33. The van der Waals surface area contributed by atoms with E-state index in [2.05, 4.69) is 9.12 Å². The van der Waals surface area contributed by atoms with Gasteiger partial charge in [-0.1, -0.05) is 6.92 Å². The number of rotatable bonds is 3. The molecule has 1 unspecified atom stereocenters. The molecule has 0 aliphatic carbocycles. The van der Waals surface area contributed by atoms with Crippen molar-refractivity contribution >= 4 is 23.2 Å². The van der Waals surface area contributed by atoms with Crippen LogP contribution < -0.4 is 0 Å². The summed E-state index contributed by atoms with van der Waals surface area (Å²) in [5, 5.41) is 9.74. The van der Waals surface area contributed by atoms with E-state index in [4.69, 9.17) is 17.2 Å². The van der Waals surface area contributed by atoms with Crippen LogP contribution in [0.15, 0.2) is 0 Å². The summed E-state index contributed by atoms with van der Waals surface area (Å²) in [4.78, 5) is 0. The molecule has 1 heterocycles. The third-order valence-corrected chi connectivity index (χ3v) is 2.86. The van der Waals surface area contributed by atoms with E-state index in [1.165, 1.54) is 0 Å². The van der Waals surface area contributed by atoms with Crippen molar-refractivity contribution < 1.29 is 14.6 Å². The van der Waals surface area contributed by atoms with Crippen molar-refractivity contribution in [2.45, 2.75) is 25.1 Å². The minimum Gasteiger partial charge on any atom is -0.390 e. The lowest BCUT2D eigenvalue weighted by atomic mass is 9.47. The van der Waals surface area contributed by atoms with Gasteiger partial charge in [-0.2, -0.15) is 9.12 Å². The largest absolute Gasteiger partial charge is 0.390 e. The Hall–Kier alpha value is 0.440. The first kappa shape index (κ1) is 11.5. The summed E-state index contributed by atoms with van der Waals surface area (Å²) in [6.07, 6.45) is -0.848. The molecule has 3 nitrogen and oxygen atoms in total. The lowest BCUT2D eigenvalue weighted by molar-refractivity contribution is -0.0185. The Bertz CT molecular complexity index is 170. The molecule has 13 heavy (non-hydrogen) atoms. The highest BCUT2D eigenvalue weighted by Gasteiger charge is 2.42. The maximum Gasteiger partial charge on any atom is 0.149 e. The lowest BCUT2D eigenvalue weighted by Gasteiger charge is -2.17. The smallest absolute Gasteiger partial charge is 0.149 e. The number of hydrogen-bond donors (Lipinski definition) is 1. The highest BCUT2D eigenvalue weighted by Crippen LogP contribution is 2.29. The quantitative estimate of drug-likeness (QED) is 0.491.